The summed E-state index contributed by atoms with van der Waals surface area (Å²) in [5, 5.41) is 33.7. The van der Waals surface area contributed by atoms with Crippen LogP contribution in [0, 0.1) is 5.92 Å². The molecule has 0 heterocycles. The van der Waals surface area contributed by atoms with Crippen molar-refractivity contribution in [2.45, 2.75) is 76.5 Å². The maximum absolute atomic E-state index is 12.9. The third-order valence-electron chi connectivity index (χ3n) is 5.09. The van der Waals surface area contributed by atoms with Gasteiger partial charge in [-0.3, -0.25) is 28.8 Å². The Labute approximate surface area is 201 Å². The number of carbonyl (C=O) groups excluding carboxylic acids is 4. The number of nitrogens with two attached hydrogens (primary N) is 2. The molecule has 35 heavy (non-hydrogen) atoms. The van der Waals surface area contributed by atoms with E-state index in [4.69, 9.17) is 21.7 Å². The summed E-state index contributed by atoms with van der Waals surface area (Å²) >= 11 is 0. The van der Waals surface area contributed by atoms with E-state index in [9.17, 15) is 38.7 Å². The van der Waals surface area contributed by atoms with Crippen LogP contribution >= 0.6 is 0 Å². The van der Waals surface area contributed by atoms with Crippen LogP contribution < -0.4 is 27.4 Å². The van der Waals surface area contributed by atoms with Crippen molar-refractivity contribution in [3.8, 4) is 0 Å². The van der Waals surface area contributed by atoms with E-state index in [1.54, 1.807) is 13.8 Å². The van der Waals surface area contributed by atoms with Gasteiger partial charge in [0.05, 0.1) is 12.5 Å². The number of hydrogen-bond acceptors (Lipinski definition) is 8. The van der Waals surface area contributed by atoms with Crippen LogP contribution in [-0.4, -0.2) is 81.0 Å². The highest BCUT2D eigenvalue weighted by molar-refractivity contribution is 5.95. The van der Waals surface area contributed by atoms with Gasteiger partial charge < -0.3 is 42.7 Å². The standard InChI is InChI=1S/C20H33N5O10/c1-3-9(2)16(25-17(31)10(21)8-13(22)26)19(33)23-11(4-6-14(27)28)18(32)24-12(20(34)35)5-7-15(29)30/h9-12,16H,3-8,21H2,1-2H3,(H2,22,26)(H,23,33)(H,24,32)(H,25,31)(H,27,28)(H,29,30)(H,34,35). The second-order valence-corrected chi connectivity index (χ2v) is 7.97. The molecule has 10 N–H and O–H groups in total. The van der Waals surface area contributed by atoms with E-state index < -0.39 is 104 Å². The van der Waals surface area contributed by atoms with Crippen LogP contribution in [0.15, 0.2) is 0 Å². The van der Waals surface area contributed by atoms with Gasteiger partial charge in [-0.15, -0.1) is 0 Å². The molecular formula is C20H33N5O10. The second kappa shape index (κ2) is 15.2. The molecule has 0 saturated heterocycles. The third-order valence-corrected chi connectivity index (χ3v) is 5.09. The Balaban J connectivity index is 5.64. The van der Waals surface area contributed by atoms with Crippen molar-refractivity contribution in [3.05, 3.63) is 0 Å². The highest BCUT2D eigenvalue weighted by Crippen LogP contribution is 2.10. The molecule has 0 aliphatic carbocycles. The zero-order chi connectivity index (χ0) is 27.3. The number of rotatable bonds is 17. The SMILES string of the molecule is CCC(C)C(NC(=O)C(N)CC(N)=O)C(=O)NC(CCC(=O)O)C(=O)NC(CCC(=O)O)C(=O)O. The Kier molecular flexibility index (Phi) is 13.6. The first-order chi connectivity index (χ1) is 16.2. The number of primary amides is 1. The highest BCUT2D eigenvalue weighted by Gasteiger charge is 2.33. The summed E-state index contributed by atoms with van der Waals surface area (Å²) in [5.74, 6) is -8.18. The van der Waals surface area contributed by atoms with Gasteiger partial charge in [-0.2, -0.15) is 0 Å². The van der Waals surface area contributed by atoms with Crippen LogP contribution in [0.3, 0.4) is 0 Å². The van der Waals surface area contributed by atoms with Gasteiger partial charge in [0.25, 0.3) is 0 Å². The van der Waals surface area contributed by atoms with E-state index in [1.165, 1.54) is 0 Å². The minimum Gasteiger partial charge on any atom is -0.481 e. The molecule has 15 nitrogen and oxygen atoms in total. The summed E-state index contributed by atoms with van der Waals surface area (Å²) in [7, 11) is 0. The van der Waals surface area contributed by atoms with Crippen molar-refractivity contribution in [1.82, 2.24) is 16.0 Å². The maximum atomic E-state index is 12.9. The fraction of sp³-hybridized carbons (Fsp3) is 0.650. The Morgan fingerprint density at radius 3 is 1.69 bits per heavy atom. The predicted octanol–water partition coefficient (Wildman–Crippen LogP) is -2.50. The molecule has 198 valence electrons. The third kappa shape index (κ3) is 12.3. The Hall–Kier alpha value is -3.75. The molecule has 0 aromatic rings. The predicted molar refractivity (Wildman–Crippen MR) is 118 cm³/mol. The van der Waals surface area contributed by atoms with E-state index in [2.05, 4.69) is 16.0 Å². The number of aliphatic carboxylic acids is 3. The van der Waals surface area contributed by atoms with Crippen LogP contribution in [0.5, 0.6) is 0 Å². The van der Waals surface area contributed by atoms with Crippen molar-refractivity contribution < 1.29 is 48.9 Å². The van der Waals surface area contributed by atoms with E-state index in [1.807, 2.05) is 0 Å². The molecule has 0 spiro atoms. The average molecular weight is 504 g/mol. The molecule has 0 aromatic heterocycles. The summed E-state index contributed by atoms with van der Waals surface area (Å²) in [6.07, 6.45) is -2.06. The monoisotopic (exact) mass is 503 g/mol. The Morgan fingerprint density at radius 2 is 1.26 bits per heavy atom. The fourth-order valence-electron chi connectivity index (χ4n) is 2.87. The summed E-state index contributed by atoms with van der Waals surface area (Å²) in [6.45, 7) is 3.33. The molecule has 0 bridgehead atoms. The lowest BCUT2D eigenvalue weighted by Crippen LogP contribution is -2.58. The molecule has 0 radical (unpaired) electrons. The Morgan fingerprint density at radius 1 is 0.771 bits per heavy atom. The summed E-state index contributed by atoms with van der Waals surface area (Å²) in [5.41, 5.74) is 10.6. The molecule has 0 saturated carbocycles. The first kappa shape index (κ1) is 31.2. The quantitative estimate of drug-likeness (QED) is 0.103. The first-order valence-electron chi connectivity index (χ1n) is 10.8. The lowest BCUT2D eigenvalue weighted by molar-refractivity contribution is -0.144. The first-order valence-corrected chi connectivity index (χ1v) is 10.8. The van der Waals surface area contributed by atoms with E-state index >= 15 is 0 Å². The van der Waals surface area contributed by atoms with Gasteiger partial charge in [-0.1, -0.05) is 20.3 Å². The zero-order valence-electron chi connectivity index (χ0n) is 19.5. The Bertz CT molecular complexity index is 818. The molecule has 0 rings (SSSR count). The van der Waals surface area contributed by atoms with Crippen molar-refractivity contribution in [3.63, 3.8) is 0 Å². The topological polar surface area (TPSA) is 268 Å². The second-order valence-electron chi connectivity index (χ2n) is 7.97. The van der Waals surface area contributed by atoms with Gasteiger partial charge in [-0.05, 0) is 18.8 Å². The molecular weight excluding hydrogens is 470 g/mol. The number of hydrogen-bond donors (Lipinski definition) is 8. The van der Waals surface area contributed by atoms with Crippen LogP contribution in [0.2, 0.25) is 0 Å². The minimum absolute atomic E-state index is 0.395. The lowest BCUT2D eigenvalue weighted by atomic mass is 9.97. The molecule has 15 heteroatoms. The maximum Gasteiger partial charge on any atom is 0.326 e. The van der Waals surface area contributed by atoms with E-state index in [0.29, 0.717) is 6.42 Å². The number of carboxylic acids is 3. The average Bonchev–Trinajstić information content (AvgIpc) is 2.75. The smallest absolute Gasteiger partial charge is 0.326 e. The molecule has 0 aliphatic heterocycles. The van der Waals surface area contributed by atoms with Crippen molar-refractivity contribution in [2.75, 3.05) is 0 Å². The normalized spacial score (nSPS) is 14.9. The largest absolute Gasteiger partial charge is 0.481 e. The molecule has 5 unspecified atom stereocenters. The van der Waals surface area contributed by atoms with Gasteiger partial charge in [0.15, 0.2) is 0 Å². The molecule has 0 aliphatic rings. The van der Waals surface area contributed by atoms with Gasteiger partial charge in [-0.25, -0.2) is 4.79 Å². The van der Waals surface area contributed by atoms with Crippen molar-refractivity contribution in [1.29, 1.82) is 0 Å². The zero-order valence-corrected chi connectivity index (χ0v) is 19.5. The van der Waals surface area contributed by atoms with Crippen molar-refractivity contribution in [2.24, 2.45) is 17.4 Å². The van der Waals surface area contributed by atoms with Gasteiger partial charge in [0.1, 0.15) is 18.1 Å². The fourth-order valence-corrected chi connectivity index (χ4v) is 2.87. The van der Waals surface area contributed by atoms with Crippen LogP contribution in [0.1, 0.15) is 52.4 Å². The highest BCUT2D eigenvalue weighted by atomic mass is 16.4. The molecule has 5 atom stereocenters. The molecule has 0 fully saturated rings. The van der Waals surface area contributed by atoms with Gasteiger partial charge in [0, 0.05) is 12.8 Å². The summed E-state index contributed by atoms with van der Waals surface area (Å²) < 4.78 is 0. The van der Waals surface area contributed by atoms with Crippen LogP contribution in [-0.2, 0) is 33.6 Å². The van der Waals surface area contributed by atoms with Crippen LogP contribution in [0.25, 0.3) is 0 Å². The van der Waals surface area contributed by atoms with Crippen molar-refractivity contribution >= 4 is 41.5 Å². The number of carbonyl (C=O) groups is 7. The number of amides is 4. The van der Waals surface area contributed by atoms with E-state index in [-0.39, 0.29) is 0 Å². The number of carboxylic acid groups (broad SMARTS) is 3. The minimum atomic E-state index is -1.60. The summed E-state index contributed by atoms with van der Waals surface area (Å²) in [4.78, 5) is 82.0. The van der Waals surface area contributed by atoms with Gasteiger partial charge in [0.2, 0.25) is 23.6 Å². The summed E-state index contributed by atoms with van der Waals surface area (Å²) in [6, 6.07) is -5.66. The molecule has 4 amide bonds. The van der Waals surface area contributed by atoms with E-state index in [0.717, 1.165) is 0 Å². The van der Waals surface area contributed by atoms with Crippen LogP contribution in [0.4, 0.5) is 0 Å². The number of nitrogens with one attached hydrogen (secondary N) is 3. The lowest BCUT2D eigenvalue weighted by Gasteiger charge is -2.27. The van der Waals surface area contributed by atoms with Gasteiger partial charge >= 0.3 is 17.9 Å². The molecule has 0 aromatic carbocycles.